The standard InChI is InChI=1S/C14H13ClN2/c1-11-5-4-7-13(9-11)17-16-10-12-6-2-3-8-14(12)15/h2-10,17H,1H3/b16-10-. The molecule has 17 heavy (non-hydrogen) atoms. The number of anilines is 1. The van der Waals surface area contributed by atoms with Crippen molar-refractivity contribution in [3.63, 3.8) is 0 Å². The second kappa shape index (κ2) is 5.51. The summed E-state index contributed by atoms with van der Waals surface area (Å²) in [5.41, 5.74) is 6.03. The number of hydrogen-bond donors (Lipinski definition) is 1. The molecule has 2 rings (SSSR count). The fraction of sp³-hybridized carbons (Fsp3) is 0.0714. The van der Waals surface area contributed by atoms with E-state index in [2.05, 4.69) is 10.5 Å². The smallest absolute Gasteiger partial charge is 0.0564 e. The van der Waals surface area contributed by atoms with Crippen LogP contribution in [0.1, 0.15) is 11.1 Å². The molecule has 2 aromatic carbocycles. The fourth-order valence-corrected chi connectivity index (χ4v) is 1.66. The zero-order chi connectivity index (χ0) is 12.1. The van der Waals surface area contributed by atoms with Crippen LogP contribution < -0.4 is 5.43 Å². The molecule has 0 aliphatic rings. The van der Waals surface area contributed by atoms with Crippen molar-refractivity contribution in [2.24, 2.45) is 5.10 Å². The summed E-state index contributed by atoms with van der Waals surface area (Å²) in [6.45, 7) is 2.04. The highest BCUT2D eigenvalue weighted by Crippen LogP contribution is 2.13. The fourth-order valence-electron chi connectivity index (χ4n) is 1.47. The van der Waals surface area contributed by atoms with Crippen LogP contribution in [0.5, 0.6) is 0 Å². The Balaban J connectivity index is 2.06. The number of aryl methyl sites for hydroxylation is 1. The molecule has 0 fully saturated rings. The zero-order valence-electron chi connectivity index (χ0n) is 9.52. The Labute approximate surface area is 106 Å². The van der Waals surface area contributed by atoms with E-state index in [-0.39, 0.29) is 0 Å². The lowest BCUT2D eigenvalue weighted by atomic mass is 10.2. The summed E-state index contributed by atoms with van der Waals surface area (Å²) in [6.07, 6.45) is 1.71. The Bertz CT molecular complexity index is 535. The minimum absolute atomic E-state index is 0.697. The first-order valence-corrected chi connectivity index (χ1v) is 5.74. The summed E-state index contributed by atoms with van der Waals surface area (Å²) in [5.74, 6) is 0. The summed E-state index contributed by atoms with van der Waals surface area (Å²) in [6, 6.07) is 15.6. The molecule has 0 unspecified atom stereocenters. The van der Waals surface area contributed by atoms with Gasteiger partial charge in [0.25, 0.3) is 0 Å². The third-order valence-corrected chi connectivity index (χ3v) is 2.66. The number of hydrogen-bond acceptors (Lipinski definition) is 2. The van der Waals surface area contributed by atoms with Crippen LogP contribution in [-0.2, 0) is 0 Å². The first kappa shape index (κ1) is 11.7. The Morgan fingerprint density at radius 2 is 1.94 bits per heavy atom. The number of hydrazone groups is 1. The normalized spacial score (nSPS) is 10.7. The molecule has 0 spiro atoms. The minimum Gasteiger partial charge on any atom is -0.278 e. The third-order valence-electron chi connectivity index (χ3n) is 2.32. The van der Waals surface area contributed by atoms with Gasteiger partial charge in [0, 0.05) is 10.6 Å². The number of nitrogens with zero attached hydrogens (tertiary/aromatic N) is 1. The van der Waals surface area contributed by atoms with Gasteiger partial charge in [0.05, 0.1) is 11.9 Å². The molecule has 0 aliphatic carbocycles. The second-order valence-electron chi connectivity index (χ2n) is 3.76. The van der Waals surface area contributed by atoms with Gasteiger partial charge in [-0.3, -0.25) is 5.43 Å². The van der Waals surface area contributed by atoms with E-state index in [1.165, 1.54) is 5.56 Å². The van der Waals surface area contributed by atoms with Crippen LogP contribution in [0.3, 0.4) is 0 Å². The quantitative estimate of drug-likeness (QED) is 0.638. The van der Waals surface area contributed by atoms with Gasteiger partial charge in [0.15, 0.2) is 0 Å². The molecule has 0 bridgehead atoms. The van der Waals surface area contributed by atoms with E-state index in [4.69, 9.17) is 11.6 Å². The molecule has 86 valence electrons. The van der Waals surface area contributed by atoms with Crippen molar-refractivity contribution in [1.29, 1.82) is 0 Å². The molecule has 1 N–H and O–H groups in total. The van der Waals surface area contributed by atoms with Crippen molar-refractivity contribution in [2.75, 3.05) is 5.43 Å². The van der Waals surface area contributed by atoms with Crippen LogP contribution >= 0.6 is 11.6 Å². The van der Waals surface area contributed by atoms with Gasteiger partial charge in [-0.15, -0.1) is 0 Å². The summed E-state index contributed by atoms with van der Waals surface area (Å²) >= 11 is 6.01. The van der Waals surface area contributed by atoms with Gasteiger partial charge in [0.2, 0.25) is 0 Å². The van der Waals surface area contributed by atoms with Crippen molar-refractivity contribution in [2.45, 2.75) is 6.92 Å². The minimum atomic E-state index is 0.697. The Hall–Kier alpha value is -1.80. The predicted molar refractivity (Wildman–Crippen MR) is 73.8 cm³/mol. The first-order chi connectivity index (χ1) is 8.25. The molecule has 2 nitrogen and oxygen atoms in total. The molecule has 0 aliphatic heterocycles. The molecular weight excluding hydrogens is 232 g/mol. The van der Waals surface area contributed by atoms with Crippen LogP contribution in [-0.4, -0.2) is 6.21 Å². The highest BCUT2D eigenvalue weighted by Gasteiger charge is 1.94. The maximum Gasteiger partial charge on any atom is 0.0564 e. The summed E-state index contributed by atoms with van der Waals surface area (Å²) in [5, 5.41) is 4.85. The van der Waals surface area contributed by atoms with E-state index in [1.807, 2.05) is 55.5 Å². The van der Waals surface area contributed by atoms with E-state index in [0.717, 1.165) is 11.3 Å². The van der Waals surface area contributed by atoms with Gasteiger partial charge >= 0.3 is 0 Å². The van der Waals surface area contributed by atoms with Crippen LogP contribution in [0.2, 0.25) is 5.02 Å². The summed E-state index contributed by atoms with van der Waals surface area (Å²) in [7, 11) is 0. The Morgan fingerprint density at radius 1 is 1.12 bits per heavy atom. The highest BCUT2D eigenvalue weighted by atomic mass is 35.5. The topological polar surface area (TPSA) is 24.4 Å². The lowest BCUT2D eigenvalue weighted by Crippen LogP contribution is -1.91. The molecule has 2 aromatic rings. The van der Waals surface area contributed by atoms with Crippen LogP contribution in [0.4, 0.5) is 5.69 Å². The molecule has 0 radical (unpaired) electrons. The van der Waals surface area contributed by atoms with Crippen molar-refractivity contribution >= 4 is 23.5 Å². The van der Waals surface area contributed by atoms with Gasteiger partial charge in [-0.1, -0.05) is 41.9 Å². The number of rotatable bonds is 3. The largest absolute Gasteiger partial charge is 0.278 e. The van der Waals surface area contributed by atoms with E-state index < -0.39 is 0 Å². The summed E-state index contributed by atoms with van der Waals surface area (Å²) in [4.78, 5) is 0. The van der Waals surface area contributed by atoms with Gasteiger partial charge in [-0.05, 0) is 30.7 Å². The molecular formula is C14H13ClN2. The molecule has 0 atom stereocenters. The first-order valence-electron chi connectivity index (χ1n) is 5.36. The number of benzene rings is 2. The maximum atomic E-state index is 6.01. The maximum absolute atomic E-state index is 6.01. The average Bonchev–Trinajstić information content (AvgIpc) is 2.32. The van der Waals surface area contributed by atoms with E-state index in [0.29, 0.717) is 5.02 Å². The Kier molecular flexibility index (Phi) is 3.78. The molecule has 0 heterocycles. The zero-order valence-corrected chi connectivity index (χ0v) is 10.3. The molecule has 0 saturated carbocycles. The van der Waals surface area contributed by atoms with Gasteiger partial charge in [-0.2, -0.15) is 5.10 Å². The van der Waals surface area contributed by atoms with Crippen molar-refractivity contribution in [3.8, 4) is 0 Å². The van der Waals surface area contributed by atoms with Crippen molar-refractivity contribution in [3.05, 3.63) is 64.7 Å². The third kappa shape index (κ3) is 3.33. The van der Waals surface area contributed by atoms with Crippen molar-refractivity contribution in [1.82, 2.24) is 0 Å². The van der Waals surface area contributed by atoms with Crippen molar-refractivity contribution < 1.29 is 0 Å². The summed E-state index contributed by atoms with van der Waals surface area (Å²) < 4.78 is 0. The lowest BCUT2D eigenvalue weighted by molar-refractivity contribution is 1.33. The monoisotopic (exact) mass is 244 g/mol. The van der Waals surface area contributed by atoms with Gasteiger partial charge in [-0.25, -0.2) is 0 Å². The highest BCUT2D eigenvalue weighted by molar-refractivity contribution is 6.33. The van der Waals surface area contributed by atoms with Gasteiger partial charge in [0.1, 0.15) is 0 Å². The van der Waals surface area contributed by atoms with E-state index in [1.54, 1.807) is 6.21 Å². The van der Waals surface area contributed by atoms with Crippen LogP contribution in [0.25, 0.3) is 0 Å². The van der Waals surface area contributed by atoms with Crippen LogP contribution in [0, 0.1) is 6.92 Å². The second-order valence-corrected chi connectivity index (χ2v) is 4.17. The predicted octanol–water partition coefficient (Wildman–Crippen LogP) is 4.09. The molecule has 3 heteroatoms. The molecule has 0 amide bonds. The van der Waals surface area contributed by atoms with Gasteiger partial charge < -0.3 is 0 Å². The van der Waals surface area contributed by atoms with E-state index in [9.17, 15) is 0 Å². The average molecular weight is 245 g/mol. The SMILES string of the molecule is Cc1cccc(N/N=C\c2ccccc2Cl)c1. The lowest BCUT2D eigenvalue weighted by Gasteiger charge is -2.01. The van der Waals surface area contributed by atoms with Crippen LogP contribution in [0.15, 0.2) is 53.6 Å². The number of nitrogens with one attached hydrogen (secondary N) is 1. The molecule has 0 saturated heterocycles. The number of halogens is 1. The molecule has 0 aromatic heterocycles. The van der Waals surface area contributed by atoms with E-state index >= 15 is 0 Å². The Morgan fingerprint density at radius 3 is 2.71 bits per heavy atom.